The summed E-state index contributed by atoms with van der Waals surface area (Å²) < 4.78 is 6.22. The Morgan fingerprint density at radius 1 is 1.21 bits per heavy atom. The molecule has 1 aromatic heterocycles. The lowest BCUT2D eigenvalue weighted by Gasteiger charge is -2.26. The summed E-state index contributed by atoms with van der Waals surface area (Å²) in [6, 6.07) is 5.55. The Kier molecular flexibility index (Phi) is 7.26. The zero-order valence-corrected chi connectivity index (χ0v) is 20.5. The van der Waals surface area contributed by atoms with Crippen LogP contribution < -0.4 is 5.32 Å². The van der Waals surface area contributed by atoms with Gasteiger partial charge < -0.3 is 15.0 Å². The minimum atomic E-state index is -0.235. The van der Waals surface area contributed by atoms with Gasteiger partial charge in [-0.25, -0.2) is 0 Å². The summed E-state index contributed by atoms with van der Waals surface area (Å²) in [6.07, 6.45) is 3.81. The molecule has 174 valence electrons. The number of ether oxygens (including phenoxy) is 1. The van der Waals surface area contributed by atoms with Crippen LogP contribution in [0.1, 0.15) is 63.9 Å². The van der Waals surface area contributed by atoms with Crippen molar-refractivity contribution in [2.24, 2.45) is 0 Å². The van der Waals surface area contributed by atoms with Crippen molar-refractivity contribution >= 4 is 50.7 Å². The van der Waals surface area contributed by atoms with Gasteiger partial charge in [-0.05, 0) is 63.1 Å². The molecule has 7 nitrogen and oxygen atoms in total. The van der Waals surface area contributed by atoms with Crippen LogP contribution >= 0.6 is 15.9 Å². The number of aromatic nitrogens is 1. The van der Waals surface area contributed by atoms with Gasteiger partial charge in [-0.1, -0.05) is 15.9 Å². The quantitative estimate of drug-likeness (QED) is 0.308. The molecule has 33 heavy (non-hydrogen) atoms. The first kappa shape index (κ1) is 23.6. The van der Waals surface area contributed by atoms with Gasteiger partial charge in [0.25, 0.3) is 5.91 Å². The van der Waals surface area contributed by atoms with E-state index < -0.39 is 0 Å². The molecular formula is C25H28BrN3O4. The van der Waals surface area contributed by atoms with Crippen LogP contribution in [0.2, 0.25) is 0 Å². The molecule has 8 heteroatoms. The van der Waals surface area contributed by atoms with E-state index in [9.17, 15) is 14.4 Å². The zero-order valence-electron chi connectivity index (χ0n) is 18.9. The summed E-state index contributed by atoms with van der Waals surface area (Å²) in [4.78, 5) is 43.5. The number of amides is 1. The number of benzene rings is 1. The van der Waals surface area contributed by atoms with E-state index in [1.165, 1.54) is 6.92 Å². The fraction of sp³-hybridized carbons (Fsp3) is 0.400. The van der Waals surface area contributed by atoms with Gasteiger partial charge in [0.15, 0.2) is 11.6 Å². The number of morpholine rings is 1. The number of carbonyl (C=O) groups is 3. The van der Waals surface area contributed by atoms with Crippen molar-refractivity contribution in [3.8, 4) is 0 Å². The fourth-order valence-electron chi connectivity index (χ4n) is 4.48. The van der Waals surface area contributed by atoms with Crippen LogP contribution in [0.3, 0.4) is 0 Å². The van der Waals surface area contributed by atoms with Crippen molar-refractivity contribution in [1.82, 2.24) is 9.88 Å². The molecule has 0 saturated carbocycles. The molecule has 0 radical (unpaired) electrons. The third kappa shape index (κ3) is 5.18. The van der Waals surface area contributed by atoms with Gasteiger partial charge in [-0.3, -0.25) is 19.3 Å². The van der Waals surface area contributed by atoms with E-state index in [4.69, 9.17) is 4.74 Å². The molecule has 2 aliphatic rings. The zero-order chi connectivity index (χ0) is 23.5. The van der Waals surface area contributed by atoms with Crippen LogP contribution in [0.25, 0.3) is 11.6 Å². The standard InChI is InChI=1S/C25H28BrN3O4/c1-15-23(16(2)30)21(14-19-18-13-17(26)6-7-20(18)28-25(19)32)27-24(15)22(31)5-3-4-8-29-9-11-33-12-10-29/h6-7,13-14,27H,3-5,8-12H2,1-2H3,(H,28,32)/b19-14-. The molecule has 2 aromatic rings. The van der Waals surface area contributed by atoms with Crippen molar-refractivity contribution in [1.29, 1.82) is 0 Å². The van der Waals surface area contributed by atoms with Crippen molar-refractivity contribution in [3.63, 3.8) is 0 Å². The first-order valence-electron chi connectivity index (χ1n) is 11.2. The first-order chi connectivity index (χ1) is 15.8. The number of Topliss-reactive ketones (excluding diaryl/α,β-unsaturated/α-hetero) is 2. The van der Waals surface area contributed by atoms with Crippen molar-refractivity contribution in [2.45, 2.75) is 33.1 Å². The fourth-order valence-corrected chi connectivity index (χ4v) is 4.84. The van der Waals surface area contributed by atoms with E-state index in [1.54, 1.807) is 13.0 Å². The van der Waals surface area contributed by atoms with Gasteiger partial charge in [0.1, 0.15) is 0 Å². The lowest BCUT2D eigenvalue weighted by molar-refractivity contribution is -0.110. The minimum Gasteiger partial charge on any atom is -0.379 e. The molecular weight excluding hydrogens is 486 g/mol. The molecule has 4 rings (SSSR count). The Bertz CT molecular complexity index is 1130. The maximum absolute atomic E-state index is 13.0. The van der Waals surface area contributed by atoms with Crippen LogP contribution in [-0.4, -0.2) is 60.2 Å². The number of nitrogens with one attached hydrogen (secondary N) is 2. The number of ketones is 2. The number of carbonyl (C=O) groups excluding carboxylic acids is 3. The maximum Gasteiger partial charge on any atom is 0.256 e. The van der Waals surface area contributed by atoms with Gasteiger partial charge >= 0.3 is 0 Å². The largest absolute Gasteiger partial charge is 0.379 e. The van der Waals surface area contributed by atoms with Gasteiger partial charge in [0.05, 0.1) is 30.2 Å². The van der Waals surface area contributed by atoms with Crippen molar-refractivity contribution in [2.75, 3.05) is 38.2 Å². The Labute approximate surface area is 201 Å². The molecule has 1 amide bonds. The van der Waals surface area contributed by atoms with Crippen LogP contribution in [0.4, 0.5) is 5.69 Å². The first-order valence-corrected chi connectivity index (χ1v) is 12.0. The topological polar surface area (TPSA) is 91.5 Å². The highest BCUT2D eigenvalue weighted by molar-refractivity contribution is 9.10. The summed E-state index contributed by atoms with van der Waals surface area (Å²) in [6.45, 7) is 7.65. The molecule has 1 fully saturated rings. The lowest BCUT2D eigenvalue weighted by Crippen LogP contribution is -2.36. The predicted octanol–water partition coefficient (Wildman–Crippen LogP) is 4.47. The van der Waals surface area contributed by atoms with Crippen LogP contribution in [0, 0.1) is 6.92 Å². The molecule has 1 aromatic carbocycles. The van der Waals surface area contributed by atoms with Gasteiger partial charge in [0.2, 0.25) is 0 Å². The molecule has 0 spiro atoms. The highest BCUT2D eigenvalue weighted by Crippen LogP contribution is 2.36. The summed E-state index contributed by atoms with van der Waals surface area (Å²) >= 11 is 3.44. The highest BCUT2D eigenvalue weighted by atomic mass is 79.9. The normalized spacial score (nSPS) is 17.3. The van der Waals surface area contributed by atoms with Crippen LogP contribution in [0.15, 0.2) is 22.7 Å². The number of unbranched alkanes of at least 4 members (excludes halogenated alkanes) is 1. The summed E-state index contributed by atoms with van der Waals surface area (Å²) in [5, 5.41) is 2.84. The monoisotopic (exact) mass is 513 g/mol. The summed E-state index contributed by atoms with van der Waals surface area (Å²) in [5.41, 5.74) is 3.97. The average molecular weight is 514 g/mol. The number of halogens is 1. The van der Waals surface area contributed by atoms with E-state index in [1.807, 2.05) is 18.2 Å². The summed E-state index contributed by atoms with van der Waals surface area (Å²) in [5.74, 6) is -0.392. The Balaban J connectivity index is 1.53. The van der Waals surface area contributed by atoms with E-state index in [0.717, 1.165) is 61.4 Å². The van der Waals surface area contributed by atoms with Crippen LogP contribution in [0.5, 0.6) is 0 Å². The Morgan fingerprint density at radius 3 is 2.70 bits per heavy atom. The number of hydrogen-bond acceptors (Lipinski definition) is 5. The number of H-pyrrole nitrogens is 1. The number of aromatic amines is 1. The minimum absolute atomic E-state index is 0.0133. The number of rotatable bonds is 8. The lowest BCUT2D eigenvalue weighted by atomic mass is 10.0. The van der Waals surface area contributed by atoms with Crippen molar-refractivity contribution in [3.05, 3.63) is 50.8 Å². The summed E-state index contributed by atoms with van der Waals surface area (Å²) in [7, 11) is 0. The predicted molar refractivity (Wildman–Crippen MR) is 132 cm³/mol. The van der Waals surface area contributed by atoms with E-state index in [-0.39, 0.29) is 17.5 Å². The second kappa shape index (κ2) is 10.2. The molecule has 1 saturated heterocycles. The molecule has 2 N–H and O–H groups in total. The molecule has 3 heterocycles. The number of fused-ring (bicyclic) bond motifs is 1. The molecule has 0 bridgehead atoms. The van der Waals surface area contributed by atoms with Crippen LogP contribution in [-0.2, 0) is 9.53 Å². The number of nitrogens with zero attached hydrogens (tertiary/aromatic N) is 1. The molecule has 0 atom stereocenters. The SMILES string of the molecule is CC(=O)c1c(/C=C2\C(=O)Nc3ccc(Br)cc32)[nH]c(C(=O)CCCCN2CCOCC2)c1C. The van der Waals surface area contributed by atoms with E-state index >= 15 is 0 Å². The Morgan fingerprint density at radius 2 is 1.97 bits per heavy atom. The average Bonchev–Trinajstić information content (AvgIpc) is 3.28. The maximum atomic E-state index is 13.0. The van der Waals surface area contributed by atoms with E-state index in [0.29, 0.717) is 34.5 Å². The highest BCUT2D eigenvalue weighted by Gasteiger charge is 2.27. The molecule has 0 aliphatic carbocycles. The third-order valence-corrected chi connectivity index (χ3v) is 6.69. The second-order valence-corrected chi connectivity index (χ2v) is 9.42. The smallest absolute Gasteiger partial charge is 0.256 e. The van der Waals surface area contributed by atoms with Crippen molar-refractivity contribution < 1.29 is 19.1 Å². The number of hydrogen-bond donors (Lipinski definition) is 2. The number of anilines is 1. The Hall–Kier alpha value is -2.55. The van der Waals surface area contributed by atoms with E-state index in [2.05, 4.69) is 31.1 Å². The van der Waals surface area contributed by atoms with Gasteiger partial charge in [-0.2, -0.15) is 0 Å². The van der Waals surface area contributed by atoms with Gasteiger partial charge in [-0.15, -0.1) is 0 Å². The van der Waals surface area contributed by atoms with Gasteiger partial charge in [0, 0.05) is 40.8 Å². The second-order valence-electron chi connectivity index (χ2n) is 8.51. The molecule has 2 aliphatic heterocycles. The molecule has 0 unspecified atom stereocenters. The third-order valence-electron chi connectivity index (χ3n) is 6.20.